The molecule has 26 heavy (non-hydrogen) atoms. The van der Waals surface area contributed by atoms with Crippen LogP contribution in [0.3, 0.4) is 0 Å². The van der Waals surface area contributed by atoms with E-state index in [0.717, 1.165) is 24.0 Å². The van der Waals surface area contributed by atoms with E-state index in [1.165, 1.54) is 0 Å². The fourth-order valence-electron chi connectivity index (χ4n) is 2.69. The Morgan fingerprint density at radius 3 is 2.08 bits per heavy atom. The second-order valence-electron chi connectivity index (χ2n) is 7.07. The molecule has 2 amide bonds. The van der Waals surface area contributed by atoms with E-state index in [1.807, 2.05) is 49.4 Å². The minimum atomic E-state index is -0.241. The molecule has 0 aliphatic rings. The third kappa shape index (κ3) is 6.36. The molecule has 0 aliphatic carbocycles. The standard InChI is InChI=1S/C22H28N2O2/c1-16(2)9-10-17(3)24-21(25)15-23-22(26)20-13-11-19(12-14-20)18-7-5-4-6-8-18/h4-8,11-14,16-17H,9-10,15H2,1-3H3,(H,23,26)(H,24,25). The van der Waals surface area contributed by atoms with Gasteiger partial charge < -0.3 is 10.6 Å². The highest BCUT2D eigenvalue weighted by molar-refractivity contribution is 5.96. The van der Waals surface area contributed by atoms with Crippen LogP contribution >= 0.6 is 0 Å². The summed E-state index contributed by atoms with van der Waals surface area (Å²) < 4.78 is 0. The van der Waals surface area contributed by atoms with Crippen LogP contribution in [0.5, 0.6) is 0 Å². The molecular formula is C22H28N2O2. The predicted octanol–water partition coefficient (Wildman–Crippen LogP) is 4.02. The number of carbonyl (C=O) groups is 2. The van der Waals surface area contributed by atoms with E-state index >= 15 is 0 Å². The Kier molecular flexibility index (Phi) is 7.39. The van der Waals surface area contributed by atoms with Crippen molar-refractivity contribution in [3.8, 4) is 11.1 Å². The minimum absolute atomic E-state index is 0.00864. The van der Waals surface area contributed by atoms with Gasteiger partial charge in [0.2, 0.25) is 5.91 Å². The average Bonchev–Trinajstić information content (AvgIpc) is 2.65. The van der Waals surface area contributed by atoms with E-state index in [9.17, 15) is 9.59 Å². The number of hydrogen-bond donors (Lipinski definition) is 2. The van der Waals surface area contributed by atoms with Gasteiger partial charge in [-0.1, -0.05) is 56.3 Å². The summed E-state index contributed by atoms with van der Waals surface area (Å²) in [6, 6.07) is 17.5. The molecule has 1 unspecified atom stereocenters. The first kappa shape index (κ1) is 19.7. The number of benzene rings is 2. The Labute approximate surface area is 156 Å². The van der Waals surface area contributed by atoms with Crippen LogP contribution in [-0.2, 0) is 4.79 Å². The van der Waals surface area contributed by atoms with E-state index in [1.54, 1.807) is 12.1 Å². The van der Waals surface area contributed by atoms with Gasteiger partial charge in [-0.2, -0.15) is 0 Å². The highest BCUT2D eigenvalue weighted by Crippen LogP contribution is 2.19. The first-order valence-corrected chi connectivity index (χ1v) is 9.18. The zero-order valence-electron chi connectivity index (χ0n) is 15.8. The Morgan fingerprint density at radius 2 is 1.46 bits per heavy atom. The largest absolute Gasteiger partial charge is 0.352 e. The highest BCUT2D eigenvalue weighted by Gasteiger charge is 2.11. The lowest BCUT2D eigenvalue weighted by Crippen LogP contribution is -2.40. The fraction of sp³-hybridized carbons (Fsp3) is 0.364. The zero-order chi connectivity index (χ0) is 18.9. The van der Waals surface area contributed by atoms with Crippen molar-refractivity contribution in [1.29, 1.82) is 0 Å². The normalized spacial score (nSPS) is 11.8. The van der Waals surface area contributed by atoms with Crippen LogP contribution in [0.2, 0.25) is 0 Å². The first-order valence-electron chi connectivity index (χ1n) is 9.18. The van der Waals surface area contributed by atoms with Gasteiger partial charge in [-0.3, -0.25) is 9.59 Å². The number of amides is 2. The molecular weight excluding hydrogens is 324 g/mol. The predicted molar refractivity (Wildman–Crippen MR) is 106 cm³/mol. The summed E-state index contributed by atoms with van der Waals surface area (Å²) in [4.78, 5) is 24.2. The van der Waals surface area contributed by atoms with Gasteiger partial charge >= 0.3 is 0 Å². The fourth-order valence-corrected chi connectivity index (χ4v) is 2.69. The maximum absolute atomic E-state index is 12.2. The van der Waals surface area contributed by atoms with Crippen molar-refractivity contribution in [3.05, 3.63) is 60.2 Å². The summed E-state index contributed by atoms with van der Waals surface area (Å²) in [5, 5.41) is 5.60. The Balaban J connectivity index is 1.81. The van der Waals surface area contributed by atoms with E-state index < -0.39 is 0 Å². The van der Waals surface area contributed by atoms with Crippen LogP contribution in [-0.4, -0.2) is 24.4 Å². The van der Waals surface area contributed by atoms with Gasteiger partial charge in [-0.05, 0) is 48.9 Å². The van der Waals surface area contributed by atoms with Crippen LogP contribution in [0.1, 0.15) is 44.0 Å². The average molecular weight is 352 g/mol. The van der Waals surface area contributed by atoms with Gasteiger partial charge in [0.15, 0.2) is 0 Å². The van der Waals surface area contributed by atoms with Crippen molar-refractivity contribution in [2.75, 3.05) is 6.54 Å². The SMILES string of the molecule is CC(C)CCC(C)NC(=O)CNC(=O)c1ccc(-c2ccccc2)cc1. The van der Waals surface area contributed by atoms with Crippen LogP contribution in [0, 0.1) is 5.92 Å². The second kappa shape index (κ2) is 9.76. The molecule has 138 valence electrons. The highest BCUT2D eigenvalue weighted by atomic mass is 16.2. The summed E-state index contributed by atoms with van der Waals surface area (Å²) in [6.45, 7) is 6.31. The van der Waals surface area contributed by atoms with Crippen molar-refractivity contribution in [2.24, 2.45) is 5.92 Å². The summed E-state index contributed by atoms with van der Waals surface area (Å²) in [7, 11) is 0. The number of hydrogen-bond acceptors (Lipinski definition) is 2. The molecule has 1 atom stereocenters. The van der Waals surface area contributed by atoms with E-state index in [-0.39, 0.29) is 24.4 Å². The molecule has 4 nitrogen and oxygen atoms in total. The van der Waals surface area contributed by atoms with Crippen LogP contribution in [0.25, 0.3) is 11.1 Å². The monoisotopic (exact) mass is 352 g/mol. The molecule has 2 aromatic rings. The molecule has 0 aliphatic heterocycles. The maximum Gasteiger partial charge on any atom is 0.251 e. The maximum atomic E-state index is 12.2. The van der Waals surface area contributed by atoms with Gasteiger partial charge in [0.25, 0.3) is 5.91 Å². The van der Waals surface area contributed by atoms with Crippen molar-refractivity contribution < 1.29 is 9.59 Å². The molecule has 2 N–H and O–H groups in total. The molecule has 0 bridgehead atoms. The molecule has 0 saturated carbocycles. The molecule has 0 saturated heterocycles. The molecule has 0 radical (unpaired) electrons. The lowest BCUT2D eigenvalue weighted by molar-refractivity contribution is -0.120. The molecule has 0 spiro atoms. The van der Waals surface area contributed by atoms with Crippen molar-refractivity contribution >= 4 is 11.8 Å². The zero-order valence-corrected chi connectivity index (χ0v) is 15.8. The minimum Gasteiger partial charge on any atom is -0.352 e. The smallest absolute Gasteiger partial charge is 0.251 e. The van der Waals surface area contributed by atoms with Gasteiger partial charge in [0.1, 0.15) is 0 Å². The molecule has 0 aromatic heterocycles. The van der Waals surface area contributed by atoms with Gasteiger partial charge in [-0.15, -0.1) is 0 Å². The lowest BCUT2D eigenvalue weighted by Gasteiger charge is -2.15. The van der Waals surface area contributed by atoms with Crippen molar-refractivity contribution in [3.63, 3.8) is 0 Å². The van der Waals surface area contributed by atoms with E-state index in [2.05, 4.69) is 24.5 Å². The van der Waals surface area contributed by atoms with Gasteiger partial charge in [0, 0.05) is 11.6 Å². The Morgan fingerprint density at radius 1 is 0.846 bits per heavy atom. The van der Waals surface area contributed by atoms with Crippen LogP contribution in [0.15, 0.2) is 54.6 Å². The molecule has 4 heteroatoms. The van der Waals surface area contributed by atoms with Crippen LogP contribution < -0.4 is 10.6 Å². The topological polar surface area (TPSA) is 58.2 Å². The number of nitrogens with one attached hydrogen (secondary N) is 2. The second-order valence-corrected chi connectivity index (χ2v) is 7.07. The molecule has 0 heterocycles. The summed E-state index contributed by atoms with van der Waals surface area (Å²) >= 11 is 0. The summed E-state index contributed by atoms with van der Waals surface area (Å²) in [6.07, 6.45) is 2.01. The number of rotatable bonds is 8. The van der Waals surface area contributed by atoms with Crippen molar-refractivity contribution in [1.82, 2.24) is 10.6 Å². The van der Waals surface area contributed by atoms with Gasteiger partial charge in [0.05, 0.1) is 6.54 Å². The van der Waals surface area contributed by atoms with Crippen molar-refractivity contribution in [2.45, 2.75) is 39.7 Å². The lowest BCUT2D eigenvalue weighted by atomic mass is 10.0. The van der Waals surface area contributed by atoms with Crippen LogP contribution in [0.4, 0.5) is 0 Å². The number of carbonyl (C=O) groups excluding carboxylic acids is 2. The quantitative estimate of drug-likeness (QED) is 0.754. The van der Waals surface area contributed by atoms with E-state index in [4.69, 9.17) is 0 Å². The molecule has 0 fully saturated rings. The van der Waals surface area contributed by atoms with E-state index in [0.29, 0.717) is 11.5 Å². The summed E-state index contributed by atoms with van der Waals surface area (Å²) in [5.41, 5.74) is 2.71. The third-order valence-electron chi connectivity index (χ3n) is 4.25. The summed E-state index contributed by atoms with van der Waals surface area (Å²) in [5.74, 6) is 0.220. The Hall–Kier alpha value is -2.62. The van der Waals surface area contributed by atoms with Gasteiger partial charge in [-0.25, -0.2) is 0 Å². The third-order valence-corrected chi connectivity index (χ3v) is 4.25. The Bertz CT molecular complexity index is 709. The first-order chi connectivity index (χ1) is 12.5. The molecule has 2 rings (SSSR count). The molecule has 2 aromatic carbocycles.